The molecule has 0 fully saturated rings. The Balaban J connectivity index is 2.35. The molecule has 16 heavy (non-hydrogen) atoms. The molecule has 3 nitrogen and oxygen atoms in total. The fourth-order valence-corrected chi connectivity index (χ4v) is 1.73. The van der Waals surface area contributed by atoms with Crippen LogP contribution in [0.15, 0.2) is 30.6 Å². The summed E-state index contributed by atoms with van der Waals surface area (Å²) in [6.45, 7) is 7.39. The highest BCUT2D eigenvalue weighted by atomic mass is 15.3. The van der Waals surface area contributed by atoms with Crippen molar-refractivity contribution >= 4 is 0 Å². The number of nitrogens with zero attached hydrogens (tertiary/aromatic N) is 3. The molecule has 2 aromatic rings. The van der Waals surface area contributed by atoms with Gasteiger partial charge in [-0.05, 0) is 18.4 Å². The summed E-state index contributed by atoms with van der Waals surface area (Å²) in [7, 11) is 0. The molecule has 84 valence electrons. The predicted octanol–water partition coefficient (Wildman–Crippen LogP) is 3.09. The molecule has 0 aliphatic heterocycles. The van der Waals surface area contributed by atoms with Crippen LogP contribution in [0.1, 0.15) is 32.3 Å². The fourth-order valence-electron chi connectivity index (χ4n) is 1.73. The summed E-state index contributed by atoms with van der Waals surface area (Å²) in [4.78, 5) is 0. The first-order valence-corrected chi connectivity index (χ1v) is 5.70. The van der Waals surface area contributed by atoms with Crippen LogP contribution in [-0.4, -0.2) is 14.8 Å². The van der Waals surface area contributed by atoms with Crippen LogP contribution in [0.5, 0.6) is 0 Å². The zero-order chi connectivity index (χ0) is 11.5. The molecule has 0 bridgehead atoms. The van der Waals surface area contributed by atoms with E-state index in [9.17, 15) is 0 Å². The van der Waals surface area contributed by atoms with E-state index in [2.05, 4.69) is 55.2 Å². The van der Waals surface area contributed by atoms with Crippen molar-refractivity contribution in [3.8, 4) is 11.4 Å². The highest BCUT2D eigenvalue weighted by Gasteiger charge is 2.06. The minimum atomic E-state index is 0.568. The zero-order valence-corrected chi connectivity index (χ0v) is 10.0. The Morgan fingerprint density at radius 2 is 1.88 bits per heavy atom. The predicted molar refractivity (Wildman–Crippen MR) is 65.2 cm³/mol. The monoisotopic (exact) mass is 215 g/mol. The lowest BCUT2D eigenvalue weighted by molar-refractivity contribution is 0.767. The van der Waals surface area contributed by atoms with Crippen molar-refractivity contribution in [2.75, 3.05) is 0 Å². The molecule has 2 rings (SSSR count). The van der Waals surface area contributed by atoms with Crippen LogP contribution in [0, 0.1) is 0 Å². The van der Waals surface area contributed by atoms with Gasteiger partial charge >= 0.3 is 0 Å². The lowest BCUT2D eigenvalue weighted by Crippen LogP contribution is -1.96. The van der Waals surface area contributed by atoms with Crippen LogP contribution in [0.25, 0.3) is 11.4 Å². The fraction of sp³-hybridized carbons (Fsp3) is 0.385. The van der Waals surface area contributed by atoms with Gasteiger partial charge in [-0.3, -0.25) is 0 Å². The van der Waals surface area contributed by atoms with Crippen molar-refractivity contribution in [3.63, 3.8) is 0 Å². The molecule has 1 heterocycles. The maximum absolute atomic E-state index is 4.14. The quantitative estimate of drug-likeness (QED) is 0.787. The van der Waals surface area contributed by atoms with Crippen LogP contribution < -0.4 is 0 Å². The van der Waals surface area contributed by atoms with Gasteiger partial charge in [0.2, 0.25) is 0 Å². The van der Waals surface area contributed by atoms with Crippen LogP contribution in [0.2, 0.25) is 0 Å². The van der Waals surface area contributed by atoms with E-state index in [0.717, 1.165) is 17.9 Å². The van der Waals surface area contributed by atoms with Crippen molar-refractivity contribution in [1.82, 2.24) is 14.8 Å². The first-order valence-electron chi connectivity index (χ1n) is 5.70. The van der Waals surface area contributed by atoms with Gasteiger partial charge < -0.3 is 4.57 Å². The van der Waals surface area contributed by atoms with Gasteiger partial charge in [0, 0.05) is 12.1 Å². The molecule has 0 saturated carbocycles. The molecule has 1 aromatic carbocycles. The summed E-state index contributed by atoms with van der Waals surface area (Å²) < 4.78 is 2.05. The normalized spacial score (nSPS) is 11.0. The summed E-state index contributed by atoms with van der Waals surface area (Å²) in [5, 5.41) is 8.08. The highest BCUT2D eigenvalue weighted by molar-refractivity contribution is 5.55. The molecule has 0 amide bonds. The van der Waals surface area contributed by atoms with E-state index in [1.54, 1.807) is 6.33 Å². The first kappa shape index (κ1) is 10.9. The summed E-state index contributed by atoms with van der Waals surface area (Å²) in [6, 6.07) is 8.56. The van der Waals surface area contributed by atoms with E-state index < -0.39 is 0 Å². The molecule has 0 spiro atoms. The van der Waals surface area contributed by atoms with Gasteiger partial charge in [-0.2, -0.15) is 0 Å². The standard InChI is InChI=1S/C13H17N3/c1-4-16-9-14-15-13(16)12-7-5-11(6-8-12)10(2)3/h5-10H,4H2,1-3H3. The average Bonchev–Trinajstić information content (AvgIpc) is 2.77. The van der Waals surface area contributed by atoms with E-state index in [1.807, 2.05) is 4.57 Å². The van der Waals surface area contributed by atoms with Crippen LogP contribution >= 0.6 is 0 Å². The van der Waals surface area contributed by atoms with Crippen LogP contribution in [0.3, 0.4) is 0 Å². The molecular weight excluding hydrogens is 198 g/mol. The van der Waals surface area contributed by atoms with Crippen molar-refractivity contribution < 1.29 is 0 Å². The largest absolute Gasteiger partial charge is 0.314 e. The third-order valence-corrected chi connectivity index (χ3v) is 2.79. The minimum Gasteiger partial charge on any atom is -0.314 e. The molecule has 0 unspecified atom stereocenters. The van der Waals surface area contributed by atoms with Crippen LogP contribution in [-0.2, 0) is 6.54 Å². The smallest absolute Gasteiger partial charge is 0.163 e. The second-order valence-electron chi connectivity index (χ2n) is 4.22. The Labute approximate surface area is 96.1 Å². The second kappa shape index (κ2) is 4.47. The van der Waals surface area contributed by atoms with E-state index in [4.69, 9.17) is 0 Å². The number of rotatable bonds is 3. The minimum absolute atomic E-state index is 0.568. The van der Waals surface area contributed by atoms with Gasteiger partial charge in [0.1, 0.15) is 6.33 Å². The Hall–Kier alpha value is -1.64. The number of hydrogen-bond acceptors (Lipinski definition) is 2. The Kier molecular flexibility index (Phi) is 3.04. The summed E-state index contributed by atoms with van der Waals surface area (Å²) in [6.07, 6.45) is 1.77. The molecule has 0 atom stereocenters. The number of aromatic nitrogens is 3. The first-order chi connectivity index (χ1) is 7.72. The number of benzene rings is 1. The van der Waals surface area contributed by atoms with Gasteiger partial charge in [0.05, 0.1) is 0 Å². The van der Waals surface area contributed by atoms with Gasteiger partial charge in [-0.1, -0.05) is 38.1 Å². The van der Waals surface area contributed by atoms with Gasteiger partial charge in [0.25, 0.3) is 0 Å². The molecule has 1 aromatic heterocycles. The lowest BCUT2D eigenvalue weighted by Gasteiger charge is -2.07. The number of aryl methyl sites for hydroxylation is 1. The van der Waals surface area contributed by atoms with E-state index in [0.29, 0.717) is 5.92 Å². The van der Waals surface area contributed by atoms with Crippen LogP contribution in [0.4, 0.5) is 0 Å². The Bertz CT molecular complexity index is 454. The Morgan fingerprint density at radius 1 is 1.19 bits per heavy atom. The van der Waals surface area contributed by atoms with E-state index in [1.165, 1.54) is 5.56 Å². The van der Waals surface area contributed by atoms with Crippen molar-refractivity contribution in [1.29, 1.82) is 0 Å². The molecule has 0 saturated heterocycles. The SMILES string of the molecule is CCn1cnnc1-c1ccc(C(C)C)cc1. The second-order valence-corrected chi connectivity index (χ2v) is 4.22. The van der Waals surface area contributed by atoms with Gasteiger partial charge in [-0.15, -0.1) is 10.2 Å². The van der Waals surface area contributed by atoms with Gasteiger partial charge in [0.15, 0.2) is 5.82 Å². The summed E-state index contributed by atoms with van der Waals surface area (Å²) >= 11 is 0. The van der Waals surface area contributed by atoms with Crippen molar-refractivity contribution in [2.45, 2.75) is 33.2 Å². The lowest BCUT2D eigenvalue weighted by atomic mass is 10.0. The summed E-state index contributed by atoms with van der Waals surface area (Å²) in [5.74, 6) is 1.51. The van der Waals surface area contributed by atoms with E-state index in [-0.39, 0.29) is 0 Å². The Morgan fingerprint density at radius 3 is 2.44 bits per heavy atom. The van der Waals surface area contributed by atoms with Crippen molar-refractivity contribution in [3.05, 3.63) is 36.2 Å². The highest BCUT2D eigenvalue weighted by Crippen LogP contribution is 2.20. The molecule has 3 heteroatoms. The maximum atomic E-state index is 4.14. The zero-order valence-electron chi connectivity index (χ0n) is 10.0. The average molecular weight is 215 g/mol. The molecule has 0 aliphatic rings. The topological polar surface area (TPSA) is 30.7 Å². The summed E-state index contributed by atoms with van der Waals surface area (Å²) in [5.41, 5.74) is 2.48. The molecule has 0 N–H and O–H groups in total. The molecular formula is C13H17N3. The third-order valence-electron chi connectivity index (χ3n) is 2.79. The van der Waals surface area contributed by atoms with E-state index >= 15 is 0 Å². The molecule has 0 radical (unpaired) electrons. The van der Waals surface area contributed by atoms with Crippen molar-refractivity contribution in [2.24, 2.45) is 0 Å². The molecule has 0 aliphatic carbocycles. The third kappa shape index (κ3) is 1.98. The maximum Gasteiger partial charge on any atom is 0.163 e. The number of hydrogen-bond donors (Lipinski definition) is 0. The van der Waals surface area contributed by atoms with Gasteiger partial charge in [-0.25, -0.2) is 0 Å².